The van der Waals surface area contributed by atoms with Gasteiger partial charge in [-0.2, -0.15) is 5.10 Å². The summed E-state index contributed by atoms with van der Waals surface area (Å²) in [6.45, 7) is 7.75. The number of piperazine rings is 1. The van der Waals surface area contributed by atoms with Crippen LogP contribution in [-0.2, 0) is 9.53 Å². The molecule has 0 unspecified atom stereocenters. The second-order valence-electron chi connectivity index (χ2n) is 10.8. The van der Waals surface area contributed by atoms with Gasteiger partial charge in [0.1, 0.15) is 23.1 Å². The maximum Gasteiger partial charge on any atom is 0.410 e. The molecule has 0 N–H and O–H groups in total. The molecule has 4 heterocycles. The maximum absolute atomic E-state index is 14.5. The van der Waals surface area contributed by atoms with Crippen molar-refractivity contribution in [2.75, 3.05) is 37.6 Å². The molecule has 5 rings (SSSR count). The van der Waals surface area contributed by atoms with Gasteiger partial charge in [0.2, 0.25) is 5.91 Å². The second-order valence-corrected chi connectivity index (χ2v) is 10.8. The standard InChI is InChI=1S/C28H32F2N6O3/c1-28(2,3)39-27(38)34-15-13-33(14-16-34)25(37)9-6-19-18-31-36-12-10-24(32-26(19)36)35-11-4-5-23(35)21-17-20(29)7-8-22(21)30/h6-10,12,17-18,23H,4-5,11,13-16H2,1-3H3/t23-/m1/s1. The number of amides is 2. The number of fused-ring (bicyclic) bond motifs is 1. The normalized spacial score (nSPS) is 18.4. The van der Waals surface area contributed by atoms with Gasteiger partial charge in [-0.15, -0.1) is 0 Å². The van der Waals surface area contributed by atoms with Crippen molar-refractivity contribution in [1.82, 2.24) is 24.4 Å². The highest BCUT2D eigenvalue weighted by Crippen LogP contribution is 2.37. The first kappa shape index (κ1) is 26.6. The number of anilines is 1. The monoisotopic (exact) mass is 538 g/mol. The van der Waals surface area contributed by atoms with Crippen molar-refractivity contribution in [2.24, 2.45) is 0 Å². The molecule has 2 aliphatic heterocycles. The van der Waals surface area contributed by atoms with Gasteiger partial charge >= 0.3 is 6.09 Å². The fourth-order valence-corrected chi connectivity index (χ4v) is 4.99. The quantitative estimate of drug-likeness (QED) is 0.457. The molecule has 0 bridgehead atoms. The zero-order chi connectivity index (χ0) is 27.7. The van der Waals surface area contributed by atoms with Gasteiger partial charge in [-0.05, 0) is 64.0 Å². The summed E-state index contributed by atoms with van der Waals surface area (Å²) < 4.78 is 35.4. The Hall–Kier alpha value is -4.02. The number of nitrogens with zero attached hydrogens (tertiary/aromatic N) is 6. The third-order valence-corrected chi connectivity index (χ3v) is 6.89. The number of rotatable bonds is 4. The van der Waals surface area contributed by atoms with E-state index in [1.807, 2.05) is 25.7 Å². The van der Waals surface area contributed by atoms with Crippen molar-refractivity contribution in [3.8, 4) is 0 Å². The van der Waals surface area contributed by atoms with E-state index in [1.165, 1.54) is 12.1 Å². The molecular formula is C28H32F2N6O3. The summed E-state index contributed by atoms with van der Waals surface area (Å²) in [5, 5.41) is 4.33. The summed E-state index contributed by atoms with van der Waals surface area (Å²) >= 11 is 0. The predicted octanol–water partition coefficient (Wildman–Crippen LogP) is 4.44. The fourth-order valence-electron chi connectivity index (χ4n) is 4.99. The number of carbonyl (C=O) groups is 2. The van der Waals surface area contributed by atoms with Gasteiger partial charge < -0.3 is 19.4 Å². The van der Waals surface area contributed by atoms with Gasteiger partial charge in [-0.1, -0.05) is 0 Å². The Balaban J connectivity index is 1.28. The van der Waals surface area contributed by atoms with E-state index in [9.17, 15) is 18.4 Å². The molecule has 3 aromatic rings. The second kappa shape index (κ2) is 10.6. The van der Waals surface area contributed by atoms with Crippen LogP contribution in [0.5, 0.6) is 0 Å². The van der Waals surface area contributed by atoms with Crippen LogP contribution in [0.3, 0.4) is 0 Å². The Morgan fingerprint density at radius 1 is 1.05 bits per heavy atom. The van der Waals surface area contributed by atoms with Crippen LogP contribution in [0.4, 0.5) is 19.4 Å². The van der Waals surface area contributed by atoms with Crippen molar-refractivity contribution in [2.45, 2.75) is 45.3 Å². The Morgan fingerprint density at radius 2 is 1.79 bits per heavy atom. The van der Waals surface area contributed by atoms with E-state index in [1.54, 1.807) is 38.9 Å². The number of ether oxygens (including phenoxy) is 1. The molecule has 2 aliphatic rings. The summed E-state index contributed by atoms with van der Waals surface area (Å²) in [5.41, 5.74) is 0.961. The Kier molecular flexibility index (Phi) is 7.24. The lowest BCUT2D eigenvalue weighted by Gasteiger charge is -2.35. The first-order chi connectivity index (χ1) is 18.6. The van der Waals surface area contributed by atoms with E-state index < -0.39 is 17.2 Å². The molecule has 2 fully saturated rings. The molecule has 39 heavy (non-hydrogen) atoms. The minimum atomic E-state index is -0.569. The summed E-state index contributed by atoms with van der Waals surface area (Å²) in [7, 11) is 0. The predicted molar refractivity (Wildman–Crippen MR) is 142 cm³/mol. The number of halogens is 2. The van der Waals surface area contributed by atoms with E-state index in [0.717, 1.165) is 18.6 Å². The number of hydrogen-bond donors (Lipinski definition) is 0. The summed E-state index contributed by atoms with van der Waals surface area (Å²) in [4.78, 5) is 35.2. The first-order valence-corrected chi connectivity index (χ1v) is 13.1. The molecule has 0 saturated carbocycles. The van der Waals surface area contributed by atoms with Crippen LogP contribution >= 0.6 is 0 Å². The average molecular weight is 539 g/mol. The Labute approximate surface area is 225 Å². The van der Waals surface area contributed by atoms with Crippen molar-refractivity contribution < 1.29 is 23.1 Å². The minimum absolute atomic E-state index is 0.171. The molecule has 2 saturated heterocycles. The van der Waals surface area contributed by atoms with Crippen molar-refractivity contribution in [3.63, 3.8) is 0 Å². The molecular weight excluding hydrogens is 506 g/mol. The summed E-state index contributed by atoms with van der Waals surface area (Å²) in [6.07, 6.45) is 7.70. The first-order valence-electron chi connectivity index (χ1n) is 13.1. The average Bonchev–Trinajstić information content (AvgIpc) is 3.54. The largest absolute Gasteiger partial charge is 0.444 e. The third-order valence-electron chi connectivity index (χ3n) is 6.89. The van der Waals surface area contributed by atoms with Crippen LogP contribution < -0.4 is 4.90 Å². The van der Waals surface area contributed by atoms with Crippen molar-refractivity contribution in [3.05, 3.63) is 65.5 Å². The maximum atomic E-state index is 14.5. The molecule has 0 radical (unpaired) electrons. The van der Waals surface area contributed by atoms with Crippen LogP contribution in [0.25, 0.3) is 11.7 Å². The van der Waals surface area contributed by atoms with Gasteiger partial charge in [0.25, 0.3) is 0 Å². The smallest absolute Gasteiger partial charge is 0.410 e. The fraction of sp³-hybridized carbons (Fsp3) is 0.429. The van der Waals surface area contributed by atoms with Crippen LogP contribution in [0.1, 0.15) is 50.8 Å². The number of carbonyl (C=O) groups excluding carboxylic acids is 2. The number of benzene rings is 1. The molecule has 0 aliphatic carbocycles. The zero-order valence-electron chi connectivity index (χ0n) is 22.3. The van der Waals surface area contributed by atoms with Crippen LogP contribution in [0.2, 0.25) is 0 Å². The Bertz CT molecular complexity index is 1410. The van der Waals surface area contributed by atoms with E-state index >= 15 is 0 Å². The van der Waals surface area contributed by atoms with Crippen molar-refractivity contribution >= 4 is 29.5 Å². The molecule has 206 valence electrons. The Morgan fingerprint density at radius 3 is 2.54 bits per heavy atom. The molecule has 9 nitrogen and oxygen atoms in total. The lowest BCUT2D eigenvalue weighted by Crippen LogP contribution is -2.51. The van der Waals surface area contributed by atoms with Gasteiger partial charge in [0.05, 0.1) is 12.2 Å². The van der Waals surface area contributed by atoms with Gasteiger partial charge in [0, 0.05) is 56.1 Å². The van der Waals surface area contributed by atoms with E-state index in [-0.39, 0.29) is 18.0 Å². The lowest BCUT2D eigenvalue weighted by atomic mass is 10.0. The summed E-state index contributed by atoms with van der Waals surface area (Å²) in [5.74, 6) is -0.447. The molecule has 0 spiro atoms. The highest BCUT2D eigenvalue weighted by atomic mass is 19.1. The molecule has 1 atom stereocenters. The molecule has 1 aromatic carbocycles. The van der Waals surface area contributed by atoms with Crippen molar-refractivity contribution in [1.29, 1.82) is 0 Å². The SMILES string of the molecule is CC(C)(C)OC(=O)N1CCN(C(=O)C=Cc2cnn3ccc(N4CCC[C@@H]4c4cc(F)ccc4F)nc23)CC1. The molecule has 11 heteroatoms. The van der Waals surface area contributed by atoms with Gasteiger partial charge in [-0.25, -0.2) is 23.1 Å². The zero-order valence-corrected chi connectivity index (χ0v) is 22.3. The van der Waals surface area contributed by atoms with Gasteiger partial charge in [0.15, 0.2) is 5.65 Å². The minimum Gasteiger partial charge on any atom is -0.444 e. The van der Waals surface area contributed by atoms with Crippen LogP contribution in [0.15, 0.2) is 42.7 Å². The van der Waals surface area contributed by atoms with Crippen LogP contribution in [0, 0.1) is 11.6 Å². The molecule has 2 amide bonds. The molecule has 2 aromatic heterocycles. The van der Waals surface area contributed by atoms with E-state index in [2.05, 4.69) is 5.10 Å². The van der Waals surface area contributed by atoms with E-state index in [0.29, 0.717) is 61.7 Å². The highest BCUT2D eigenvalue weighted by Gasteiger charge is 2.30. The van der Waals surface area contributed by atoms with E-state index in [4.69, 9.17) is 9.72 Å². The lowest BCUT2D eigenvalue weighted by molar-refractivity contribution is -0.127. The summed E-state index contributed by atoms with van der Waals surface area (Å²) in [6, 6.07) is 5.02. The van der Waals surface area contributed by atoms with Crippen LogP contribution in [-0.4, -0.2) is 74.7 Å². The number of hydrogen-bond acceptors (Lipinski definition) is 6. The third kappa shape index (κ3) is 5.86. The topological polar surface area (TPSA) is 83.3 Å². The highest BCUT2D eigenvalue weighted by molar-refractivity contribution is 5.93. The van der Waals surface area contributed by atoms with Gasteiger partial charge in [-0.3, -0.25) is 4.79 Å². The number of aromatic nitrogens is 3.